The van der Waals surface area contributed by atoms with Crippen LogP contribution in [0.1, 0.15) is 0 Å². The van der Waals surface area contributed by atoms with Crippen LogP contribution in [0, 0.1) is 10.1 Å². The number of thiazole rings is 1. The normalized spacial score (nSPS) is 10.1. The number of benzene rings is 1. The third-order valence-corrected chi connectivity index (χ3v) is 3.29. The predicted molar refractivity (Wildman–Crippen MR) is 79.9 cm³/mol. The lowest BCUT2D eigenvalue weighted by Gasteiger charge is -2.01. The Kier molecular flexibility index (Phi) is 5.07. The van der Waals surface area contributed by atoms with Crippen LogP contribution in [0.25, 0.3) is 11.3 Å². The first-order valence-corrected chi connectivity index (χ1v) is 7.21. The molecule has 0 aliphatic heterocycles. The molecule has 0 spiro atoms. The van der Waals surface area contributed by atoms with Crippen LogP contribution in [-0.4, -0.2) is 28.5 Å². The number of hydrogen-bond acceptors (Lipinski definition) is 6. The minimum atomic E-state index is -0.643. The highest BCUT2D eigenvalue weighted by Gasteiger charge is 2.11. The zero-order valence-electron chi connectivity index (χ0n) is 10.6. The van der Waals surface area contributed by atoms with Gasteiger partial charge >= 0.3 is 6.09 Å². The molecule has 0 atom stereocenters. The molecule has 1 aromatic heterocycles. The number of nitro benzene ring substituents is 1. The van der Waals surface area contributed by atoms with Crippen molar-refractivity contribution in [2.24, 2.45) is 0 Å². The van der Waals surface area contributed by atoms with E-state index in [1.54, 1.807) is 17.5 Å². The summed E-state index contributed by atoms with van der Waals surface area (Å²) in [6.07, 6.45) is -0.643. The van der Waals surface area contributed by atoms with E-state index in [0.29, 0.717) is 16.4 Å². The quantitative estimate of drug-likeness (QED) is 0.515. The molecule has 0 aliphatic rings. The van der Waals surface area contributed by atoms with E-state index in [0.717, 1.165) is 0 Å². The molecule has 0 unspecified atom stereocenters. The topological polar surface area (TPSA) is 94.4 Å². The lowest BCUT2D eigenvalue weighted by Crippen LogP contribution is -2.14. The minimum Gasteiger partial charge on any atom is -0.448 e. The van der Waals surface area contributed by atoms with Crippen molar-refractivity contribution < 1.29 is 14.5 Å². The highest BCUT2D eigenvalue weighted by Crippen LogP contribution is 2.27. The van der Waals surface area contributed by atoms with Gasteiger partial charge in [0.05, 0.1) is 16.5 Å². The summed E-state index contributed by atoms with van der Waals surface area (Å²) in [7, 11) is 0. The molecular weight excluding hydrogens is 318 g/mol. The van der Waals surface area contributed by atoms with Gasteiger partial charge in [0.2, 0.25) is 0 Å². The molecule has 110 valence electrons. The average molecular weight is 328 g/mol. The summed E-state index contributed by atoms with van der Waals surface area (Å²) >= 11 is 6.59. The highest BCUT2D eigenvalue weighted by molar-refractivity contribution is 7.14. The number of halogens is 1. The van der Waals surface area contributed by atoms with E-state index in [4.69, 9.17) is 16.3 Å². The van der Waals surface area contributed by atoms with E-state index in [9.17, 15) is 14.9 Å². The van der Waals surface area contributed by atoms with Gasteiger partial charge in [-0.2, -0.15) is 0 Å². The number of amides is 1. The summed E-state index contributed by atoms with van der Waals surface area (Å²) < 4.78 is 4.76. The molecule has 7 nitrogen and oxygen atoms in total. The number of alkyl halides is 1. The largest absolute Gasteiger partial charge is 0.448 e. The molecule has 0 fully saturated rings. The number of aromatic nitrogens is 1. The molecule has 2 aromatic rings. The number of nitro groups is 1. The second-order valence-electron chi connectivity index (χ2n) is 3.80. The Labute approximate surface area is 128 Å². The van der Waals surface area contributed by atoms with Crippen LogP contribution in [0.15, 0.2) is 29.6 Å². The van der Waals surface area contributed by atoms with Gasteiger partial charge in [0.25, 0.3) is 5.69 Å². The fourth-order valence-corrected chi connectivity index (χ4v) is 2.28. The van der Waals surface area contributed by atoms with Gasteiger partial charge in [0, 0.05) is 23.1 Å². The first kappa shape index (κ1) is 15.2. The SMILES string of the molecule is O=C(Nc1nc(-c2cccc([N+](=O)[O-])c2)cs1)OCCCl. The van der Waals surface area contributed by atoms with E-state index < -0.39 is 11.0 Å². The van der Waals surface area contributed by atoms with Crippen molar-refractivity contribution in [3.05, 3.63) is 39.8 Å². The number of non-ortho nitro benzene ring substituents is 1. The molecule has 9 heteroatoms. The molecule has 21 heavy (non-hydrogen) atoms. The maximum atomic E-state index is 11.3. The zero-order valence-corrected chi connectivity index (χ0v) is 12.2. The number of carbonyl (C=O) groups excluding carboxylic acids is 1. The fourth-order valence-electron chi connectivity index (χ4n) is 1.50. The summed E-state index contributed by atoms with van der Waals surface area (Å²) in [6, 6.07) is 6.11. The van der Waals surface area contributed by atoms with Crippen molar-refractivity contribution >= 4 is 39.8 Å². The number of rotatable bonds is 5. The van der Waals surface area contributed by atoms with Crippen LogP contribution in [0.4, 0.5) is 15.6 Å². The number of hydrogen-bond donors (Lipinski definition) is 1. The lowest BCUT2D eigenvalue weighted by molar-refractivity contribution is -0.384. The molecule has 1 heterocycles. The van der Waals surface area contributed by atoms with Crippen LogP contribution in [0.5, 0.6) is 0 Å². The summed E-state index contributed by atoms with van der Waals surface area (Å²) in [5, 5.41) is 15.2. The number of nitrogens with one attached hydrogen (secondary N) is 1. The van der Waals surface area contributed by atoms with Crippen LogP contribution in [0.3, 0.4) is 0 Å². The van der Waals surface area contributed by atoms with E-state index in [-0.39, 0.29) is 18.2 Å². The Morgan fingerprint density at radius 1 is 1.52 bits per heavy atom. The zero-order chi connectivity index (χ0) is 15.2. The molecular formula is C12H10ClN3O4S. The van der Waals surface area contributed by atoms with Crippen molar-refractivity contribution in [2.45, 2.75) is 0 Å². The van der Waals surface area contributed by atoms with Crippen molar-refractivity contribution in [3.63, 3.8) is 0 Å². The Morgan fingerprint density at radius 3 is 3.05 bits per heavy atom. The Bertz CT molecular complexity index is 661. The summed E-state index contributed by atoms with van der Waals surface area (Å²) in [6.45, 7) is 0.108. The molecule has 0 radical (unpaired) electrons. The van der Waals surface area contributed by atoms with E-state index in [1.807, 2.05) is 0 Å². The number of carbonyl (C=O) groups is 1. The second-order valence-corrected chi connectivity index (χ2v) is 5.03. The third-order valence-electron chi connectivity index (χ3n) is 2.38. The molecule has 0 saturated heterocycles. The Morgan fingerprint density at radius 2 is 2.33 bits per heavy atom. The van der Waals surface area contributed by atoms with Gasteiger partial charge in [-0.3, -0.25) is 15.4 Å². The van der Waals surface area contributed by atoms with Gasteiger partial charge < -0.3 is 4.74 Å². The van der Waals surface area contributed by atoms with Crippen LogP contribution in [-0.2, 0) is 4.74 Å². The van der Waals surface area contributed by atoms with Crippen LogP contribution < -0.4 is 5.32 Å². The third kappa shape index (κ3) is 4.14. The summed E-state index contributed by atoms with van der Waals surface area (Å²) in [5.41, 5.74) is 1.12. The van der Waals surface area contributed by atoms with Gasteiger partial charge in [0.1, 0.15) is 6.61 Å². The van der Waals surface area contributed by atoms with Crippen LogP contribution in [0.2, 0.25) is 0 Å². The number of nitrogens with zero attached hydrogens (tertiary/aromatic N) is 2. The number of ether oxygens (including phenoxy) is 1. The van der Waals surface area contributed by atoms with E-state index in [2.05, 4.69) is 10.3 Å². The highest BCUT2D eigenvalue weighted by atomic mass is 35.5. The van der Waals surface area contributed by atoms with Gasteiger partial charge in [-0.05, 0) is 0 Å². The first-order chi connectivity index (χ1) is 10.1. The van der Waals surface area contributed by atoms with Gasteiger partial charge in [-0.25, -0.2) is 9.78 Å². The Hall–Kier alpha value is -2.19. The van der Waals surface area contributed by atoms with Crippen molar-refractivity contribution in [2.75, 3.05) is 17.8 Å². The summed E-state index contributed by atoms with van der Waals surface area (Å²) in [5.74, 6) is 0.213. The van der Waals surface area contributed by atoms with Crippen molar-refractivity contribution in [1.29, 1.82) is 0 Å². The van der Waals surface area contributed by atoms with E-state index >= 15 is 0 Å². The second kappa shape index (κ2) is 7.00. The summed E-state index contributed by atoms with van der Waals surface area (Å²) in [4.78, 5) is 25.8. The molecule has 2 rings (SSSR count). The van der Waals surface area contributed by atoms with E-state index in [1.165, 1.54) is 23.5 Å². The first-order valence-electron chi connectivity index (χ1n) is 5.80. The van der Waals surface area contributed by atoms with Gasteiger partial charge in [-0.1, -0.05) is 12.1 Å². The Balaban J connectivity index is 2.11. The smallest absolute Gasteiger partial charge is 0.413 e. The molecule has 0 bridgehead atoms. The fraction of sp³-hybridized carbons (Fsp3) is 0.167. The predicted octanol–water partition coefficient (Wildman–Crippen LogP) is 3.51. The standard InChI is InChI=1S/C12H10ClN3O4S/c13-4-5-20-12(17)15-11-14-10(7-21-11)8-2-1-3-9(6-8)16(18)19/h1-3,6-7H,4-5H2,(H,14,15,17). The lowest BCUT2D eigenvalue weighted by atomic mass is 10.1. The molecule has 1 amide bonds. The monoisotopic (exact) mass is 327 g/mol. The van der Waals surface area contributed by atoms with Crippen LogP contribution >= 0.6 is 22.9 Å². The maximum Gasteiger partial charge on any atom is 0.413 e. The van der Waals surface area contributed by atoms with Crippen molar-refractivity contribution in [3.8, 4) is 11.3 Å². The minimum absolute atomic E-state index is 0.0171. The molecule has 1 N–H and O–H groups in total. The molecule has 1 aromatic carbocycles. The molecule has 0 aliphatic carbocycles. The molecule has 0 saturated carbocycles. The average Bonchev–Trinajstić information content (AvgIpc) is 2.93. The van der Waals surface area contributed by atoms with Gasteiger partial charge in [0.15, 0.2) is 5.13 Å². The van der Waals surface area contributed by atoms with Crippen molar-refractivity contribution in [1.82, 2.24) is 4.98 Å². The number of anilines is 1. The van der Waals surface area contributed by atoms with Gasteiger partial charge in [-0.15, -0.1) is 22.9 Å². The maximum absolute atomic E-state index is 11.3.